The van der Waals surface area contributed by atoms with Gasteiger partial charge in [-0.1, -0.05) is 6.08 Å². The molecule has 0 bridgehead atoms. The second-order valence-electron chi connectivity index (χ2n) is 5.12. The van der Waals surface area contributed by atoms with E-state index >= 15 is 0 Å². The third-order valence-electron chi connectivity index (χ3n) is 3.62. The lowest BCUT2D eigenvalue weighted by molar-refractivity contribution is -0.142. The molecule has 1 aliphatic rings. The molecule has 1 aromatic heterocycles. The van der Waals surface area contributed by atoms with Crippen molar-refractivity contribution in [2.24, 2.45) is 0 Å². The van der Waals surface area contributed by atoms with Crippen LogP contribution in [0, 0.1) is 0 Å². The molecule has 2 atom stereocenters. The summed E-state index contributed by atoms with van der Waals surface area (Å²) < 4.78 is 0. The molecule has 7 heteroatoms. The lowest BCUT2D eigenvalue weighted by atomic mass is 10.1. The molecular formula is C14H20N4O3. The molecule has 21 heavy (non-hydrogen) atoms. The summed E-state index contributed by atoms with van der Waals surface area (Å²) in [5, 5.41) is 11.9. The fraction of sp³-hybridized carbons (Fsp3) is 0.500. The zero-order valence-electron chi connectivity index (χ0n) is 11.8. The van der Waals surface area contributed by atoms with E-state index in [2.05, 4.69) is 21.9 Å². The van der Waals surface area contributed by atoms with E-state index < -0.39 is 12.0 Å². The minimum atomic E-state index is -1.05. The Labute approximate surface area is 123 Å². The van der Waals surface area contributed by atoms with Gasteiger partial charge in [0.1, 0.15) is 6.04 Å². The van der Waals surface area contributed by atoms with Crippen LogP contribution in [-0.2, 0) is 16.0 Å². The molecule has 1 aliphatic heterocycles. The Bertz CT molecular complexity index is 500. The molecule has 1 saturated heterocycles. The number of rotatable bonds is 7. The lowest BCUT2D eigenvalue weighted by Gasteiger charge is -2.24. The third-order valence-corrected chi connectivity index (χ3v) is 3.62. The van der Waals surface area contributed by atoms with E-state index in [0.717, 1.165) is 19.4 Å². The summed E-state index contributed by atoms with van der Waals surface area (Å²) in [6, 6.07) is -1.23. The quantitative estimate of drug-likeness (QED) is 0.622. The van der Waals surface area contributed by atoms with Gasteiger partial charge in [0.05, 0.1) is 12.4 Å². The van der Waals surface area contributed by atoms with E-state index in [0.29, 0.717) is 12.2 Å². The number of nitrogens with one attached hydrogen (secondary N) is 2. The molecule has 0 radical (unpaired) electrons. The van der Waals surface area contributed by atoms with Crippen LogP contribution in [0.15, 0.2) is 25.2 Å². The largest absolute Gasteiger partial charge is 0.480 e. The molecule has 0 spiro atoms. The molecule has 7 nitrogen and oxygen atoms in total. The van der Waals surface area contributed by atoms with Gasteiger partial charge in [-0.05, 0) is 19.4 Å². The van der Waals surface area contributed by atoms with Crippen LogP contribution in [0.1, 0.15) is 18.5 Å². The van der Waals surface area contributed by atoms with Gasteiger partial charge in [0, 0.05) is 24.9 Å². The highest BCUT2D eigenvalue weighted by atomic mass is 16.4. The molecule has 2 rings (SSSR count). The second-order valence-corrected chi connectivity index (χ2v) is 5.12. The Morgan fingerprint density at radius 3 is 3.10 bits per heavy atom. The maximum Gasteiger partial charge on any atom is 0.326 e. The standard InChI is InChI=1S/C14H20N4O3/c1-2-5-18-6-3-4-12(18)13(19)17-11(14(20)21)7-10-8-15-9-16-10/h2,8-9,11-12H,1,3-7H2,(H,15,16)(H,17,19)(H,20,21)/t11-,12-/m0/s1. The van der Waals surface area contributed by atoms with E-state index in [1.807, 2.05) is 4.90 Å². The van der Waals surface area contributed by atoms with Crippen molar-refractivity contribution in [1.29, 1.82) is 0 Å². The van der Waals surface area contributed by atoms with Gasteiger partial charge in [0.2, 0.25) is 5.91 Å². The van der Waals surface area contributed by atoms with Crippen LogP contribution in [0.2, 0.25) is 0 Å². The summed E-state index contributed by atoms with van der Waals surface area (Å²) in [6.45, 7) is 5.15. The minimum Gasteiger partial charge on any atom is -0.480 e. The zero-order chi connectivity index (χ0) is 15.2. The zero-order valence-corrected chi connectivity index (χ0v) is 11.8. The van der Waals surface area contributed by atoms with Crippen molar-refractivity contribution in [1.82, 2.24) is 20.2 Å². The molecule has 1 fully saturated rings. The summed E-state index contributed by atoms with van der Waals surface area (Å²) in [5.74, 6) is -1.28. The van der Waals surface area contributed by atoms with Gasteiger partial charge < -0.3 is 15.4 Å². The molecular weight excluding hydrogens is 272 g/mol. The summed E-state index contributed by atoms with van der Waals surface area (Å²) in [6.07, 6.45) is 6.67. The Morgan fingerprint density at radius 2 is 2.48 bits per heavy atom. The maximum atomic E-state index is 12.3. The Morgan fingerprint density at radius 1 is 1.67 bits per heavy atom. The van der Waals surface area contributed by atoms with Crippen molar-refractivity contribution in [3.8, 4) is 0 Å². The topological polar surface area (TPSA) is 98.3 Å². The molecule has 1 amide bonds. The van der Waals surface area contributed by atoms with Crippen molar-refractivity contribution >= 4 is 11.9 Å². The van der Waals surface area contributed by atoms with Gasteiger partial charge in [-0.2, -0.15) is 0 Å². The van der Waals surface area contributed by atoms with Gasteiger partial charge in [-0.25, -0.2) is 9.78 Å². The van der Waals surface area contributed by atoms with Crippen molar-refractivity contribution in [2.75, 3.05) is 13.1 Å². The van der Waals surface area contributed by atoms with Gasteiger partial charge in [0.15, 0.2) is 0 Å². The van der Waals surface area contributed by atoms with Crippen LogP contribution in [0.4, 0.5) is 0 Å². The fourth-order valence-corrected chi connectivity index (χ4v) is 2.59. The number of amides is 1. The highest BCUT2D eigenvalue weighted by Crippen LogP contribution is 2.17. The normalized spacial score (nSPS) is 20.1. The smallest absolute Gasteiger partial charge is 0.326 e. The number of aromatic amines is 1. The third kappa shape index (κ3) is 3.91. The van der Waals surface area contributed by atoms with Gasteiger partial charge in [-0.3, -0.25) is 9.69 Å². The molecule has 114 valence electrons. The predicted molar refractivity (Wildman–Crippen MR) is 76.7 cm³/mol. The van der Waals surface area contributed by atoms with Crippen LogP contribution in [0.3, 0.4) is 0 Å². The maximum absolute atomic E-state index is 12.3. The highest BCUT2D eigenvalue weighted by molar-refractivity contribution is 5.87. The first-order valence-corrected chi connectivity index (χ1v) is 6.97. The van der Waals surface area contributed by atoms with Gasteiger partial charge in [-0.15, -0.1) is 6.58 Å². The molecule has 0 aromatic carbocycles. The molecule has 0 unspecified atom stereocenters. The fourth-order valence-electron chi connectivity index (χ4n) is 2.59. The molecule has 0 saturated carbocycles. The predicted octanol–water partition coefficient (Wildman–Crippen LogP) is 0.172. The number of imidazole rings is 1. The number of nitrogens with zero attached hydrogens (tertiary/aromatic N) is 2. The van der Waals surface area contributed by atoms with Crippen molar-refractivity contribution in [3.05, 3.63) is 30.9 Å². The summed E-state index contributed by atoms with van der Waals surface area (Å²) in [4.78, 5) is 32.3. The van der Waals surface area contributed by atoms with E-state index in [4.69, 9.17) is 0 Å². The van der Waals surface area contributed by atoms with Crippen LogP contribution in [0.25, 0.3) is 0 Å². The van der Waals surface area contributed by atoms with Crippen molar-refractivity contribution < 1.29 is 14.7 Å². The Balaban J connectivity index is 1.97. The van der Waals surface area contributed by atoms with Crippen LogP contribution in [-0.4, -0.2) is 57.0 Å². The number of aromatic nitrogens is 2. The molecule has 3 N–H and O–H groups in total. The first kappa shape index (κ1) is 15.2. The van der Waals surface area contributed by atoms with Gasteiger partial charge >= 0.3 is 5.97 Å². The Hall–Kier alpha value is -2.15. The lowest BCUT2D eigenvalue weighted by Crippen LogP contribution is -2.50. The molecule has 2 heterocycles. The number of carbonyl (C=O) groups is 2. The molecule has 1 aromatic rings. The van der Waals surface area contributed by atoms with Crippen LogP contribution < -0.4 is 5.32 Å². The van der Waals surface area contributed by atoms with E-state index in [1.165, 1.54) is 6.33 Å². The Kier molecular flexibility index (Phi) is 5.10. The van der Waals surface area contributed by atoms with Crippen LogP contribution >= 0.6 is 0 Å². The second kappa shape index (κ2) is 7.03. The number of hydrogen-bond acceptors (Lipinski definition) is 4. The van der Waals surface area contributed by atoms with Crippen molar-refractivity contribution in [3.63, 3.8) is 0 Å². The van der Waals surface area contributed by atoms with E-state index in [1.54, 1.807) is 12.3 Å². The van der Waals surface area contributed by atoms with E-state index in [9.17, 15) is 14.7 Å². The van der Waals surface area contributed by atoms with Crippen molar-refractivity contribution in [2.45, 2.75) is 31.3 Å². The first-order chi connectivity index (χ1) is 10.1. The van der Waals surface area contributed by atoms with E-state index in [-0.39, 0.29) is 18.4 Å². The average molecular weight is 292 g/mol. The number of likely N-dealkylation sites (tertiary alicyclic amines) is 1. The number of carboxylic acids is 1. The number of H-pyrrole nitrogens is 1. The summed E-state index contributed by atoms with van der Waals surface area (Å²) in [7, 11) is 0. The summed E-state index contributed by atoms with van der Waals surface area (Å²) >= 11 is 0. The number of carboxylic acid groups (broad SMARTS) is 1. The number of carbonyl (C=O) groups excluding carboxylic acids is 1. The number of hydrogen-bond donors (Lipinski definition) is 3. The number of aliphatic carboxylic acids is 1. The monoisotopic (exact) mass is 292 g/mol. The first-order valence-electron chi connectivity index (χ1n) is 6.97. The average Bonchev–Trinajstić information content (AvgIpc) is 3.09. The minimum absolute atomic E-state index is 0.190. The molecule has 0 aliphatic carbocycles. The summed E-state index contributed by atoms with van der Waals surface area (Å²) in [5.41, 5.74) is 0.678. The van der Waals surface area contributed by atoms with Gasteiger partial charge in [0.25, 0.3) is 0 Å². The highest BCUT2D eigenvalue weighted by Gasteiger charge is 2.32. The van der Waals surface area contributed by atoms with Crippen LogP contribution in [0.5, 0.6) is 0 Å². The SMILES string of the molecule is C=CCN1CCC[C@H]1C(=O)N[C@@H](Cc1cnc[nH]1)C(=O)O.